The van der Waals surface area contributed by atoms with E-state index in [0.717, 1.165) is 5.56 Å². The molecule has 1 heterocycles. The third-order valence-corrected chi connectivity index (χ3v) is 3.37. The van der Waals surface area contributed by atoms with Crippen molar-refractivity contribution in [3.8, 4) is 11.8 Å². The molecular weight excluding hydrogens is 271 g/mol. The topological polar surface area (TPSA) is 49.4 Å². The van der Waals surface area contributed by atoms with Crippen molar-refractivity contribution in [3.05, 3.63) is 35.6 Å². The van der Waals surface area contributed by atoms with Crippen LogP contribution in [0.2, 0.25) is 0 Å². The Balaban J connectivity index is 1.84. The Morgan fingerprint density at radius 3 is 2.81 bits per heavy atom. The first kappa shape index (κ1) is 15.0. The summed E-state index contributed by atoms with van der Waals surface area (Å²) in [4.78, 5) is 25.0. The summed E-state index contributed by atoms with van der Waals surface area (Å²) in [7, 11) is 0. The van der Waals surface area contributed by atoms with E-state index < -0.39 is 0 Å². The summed E-state index contributed by atoms with van der Waals surface area (Å²) in [5.74, 6) is 4.32. The van der Waals surface area contributed by atoms with E-state index in [-0.39, 0.29) is 23.7 Å². The largest absolute Gasteiger partial charge is 0.340 e. The van der Waals surface area contributed by atoms with Gasteiger partial charge in [-0.3, -0.25) is 9.59 Å². The van der Waals surface area contributed by atoms with Gasteiger partial charge >= 0.3 is 0 Å². The number of hydrogen-bond acceptors (Lipinski definition) is 2. The van der Waals surface area contributed by atoms with E-state index in [0.29, 0.717) is 25.9 Å². The van der Waals surface area contributed by atoms with Crippen LogP contribution in [0.1, 0.15) is 18.9 Å². The van der Waals surface area contributed by atoms with Crippen molar-refractivity contribution < 1.29 is 14.0 Å². The molecule has 4 nitrogen and oxygen atoms in total. The smallest absolute Gasteiger partial charge is 0.296 e. The molecule has 5 heteroatoms. The molecule has 1 atom stereocenters. The van der Waals surface area contributed by atoms with Gasteiger partial charge in [0, 0.05) is 19.5 Å². The zero-order valence-electron chi connectivity index (χ0n) is 11.9. The van der Waals surface area contributed by atoms with Gasteiger partial charge in [-0.25, -0.2) is 4.39 Å². The van der Waals surface area contributed by atoms with E-state index in [4.69, 9.17) is 0 Å². The monoisotopic (exact) mass is 288 g/mol. The Morgan fingerprint density at radius 2 is 2.14 bits per heavy atom. The van der Waals surface area contributed by atoms with Gasteiger partial charge in [-0.1, -0.05) is 18.1 Å². The molecule has 1 fully saturated rings. The molecule has 1 aliphatic heterocycles. The molecule has 1 aromatic rings. The van der Waals surface area contributed by atoms with Crippen LogP contribution < -0.4 is 5.32 Å². The zero-order chi connectivity index (χ0) is 15.2. The van der Waals surface area contributed by atoms with Gasteiger partial charge in [0.05, 0.1) is 6.04 Å². The first-order chi connectivity index (χ1) is 10.1. The summed E-state index contributed by atoms with van der Waals surface area (Å²) in [5, 5.41) is 2.72. The van der Waals surface area contributed by atoms with Gasteiger partial charge in [0.15, 0.2) is 0 Å². The van der Waals surface area contributed by atoms with Crippen molar-refractivity contribution in [2.75, 3.05) is 13.1 Å². The maximum absolute atomic E-state index is 12.8. The minimum atomic E-state index is -0.351. The quantitative estimate of drug-likeness (QED) is 0.844. The number of halogens is 1. The predicted octanol–water partition coefficient (Wildman–Crippen LogP) is 1.11. The van der Waals surface area contributed by atoms with Crippen LogP contribution in [0, 0.1) is 17.7 Å². The first-order valence-electron chi connectivity index (χ1n) is 6.84. The molecule has 0 aliphatic carbocycles. The number of likely N-dealkylation sites (tertiary alicyclic amines) is 1. The van der Waals surface area contributed by atoms with Crippen LogP contribution >= 0.6 is 0 Å². The van der Waals surface area contributed by atoms with Crippen LogP contribution in [0.3, 0.4) is 0 Å². The van der Waals surface area contributed by atoms with Gasteiger partial charge in [-0.15, -0.1) is 0 Å². The summed E-state index contributed by atoms with van der Waals surface area (Å²) in [6, 6.07) is 6.07. The average Bonchev–Trinajstić information content (AvgIpc) is 2.78. The average molecular weight is 288 g/mol. The highest BCUT2D eigenvalue weighted by molar-refractivity contribution is 5.94. The molecule has 0 radical (unpaired) electrons. The van der Waals surface area contributed by atoms with Gasteiger partial charge in [0.1, 0.15) is 5.82 Å². The molecule has 1 aromatic carbocycles. The van der Waals surface area contributed by atoms with Crippen molar-refractivity contribution in [3.63, 3.8) is 0 Å². The van der Waals surface area contributed by atoms with E-state index in [2.05, 4.69) is 17.2 Å². The second-order valence-corrected chi connectivity index (χ2v) is 4.97. The van der Waals surface area contributed by atoms with Crippen LogP contribution in [0.4, 0.5) is 4.39 Å². The molecular formula is C16H17FN2O2. The Hall–Kier alpha value is -2.35. The number of benzene rings is 1. The number of nitrogens with one attached hydrogen (secondary N) is 1. The number of amides is 2. The molecule has 0 bridgehead atoms. The predicted molar refractivity (Wildman–Crippen MR) is 76.7 cm³/mol. The van der Waals surface area contributed by atoms with Crippen molar-refractivity contribution in [1.29, 1.82) is 0 Å². The molecule has 1 saturated heterocycles. The van der Waals surface area contributed by atoms with Crippen molar-refractivity contribution in [2.45, 2.75) is 25.8 Å². The maximum atomic E-state index is 12.8. The van der Waals surface area contributed by atoms with Crippen molar-refractivity contribution in [1.82, 2.24) is 10.2 Å². The van der Waals surface area contributed by atoms with Crippen LogP contribution in [-0.4, -0.2) is 35.8 Å². The highest BCUT2D eigenvalue weighted by Crippen LogP contribution is 2.12. The molecule has 1 N–H and O–H groups in total. The Kier molecular flexibility index (Phi) is 4.94. The lowest BCUT2D eigenvalue weighted by Gasteiger charge is -2.16. The highest BCUT2D eigenvalue weighted by atomic mass is 19.1. The third-order valence-electron chi connectivity index (χ3n) is 3.37. The summed E-state index contributed by atoms with van der Waals surface area (Å²) in [5.41, 5.74) is 0.980. The van der Waals surface area contributed by atoms with Crippen LogP contribution in [0.5, 0.6) is 0 Å². The number of nitrogens with zero attached hydrogens (tertiary/aromatic N) is 1. The van der Waals surface area contributed by atoms with Crippen molar-refractivity contribution >= 4 is 11.8 Å². The summed E-state index contributed by atoms with van der Waals surface area (Å²) in [6.07, 6.45) is 0.974. The van der Waals surface area contributed by atoms with Gasteiger partial charge in [-0.05, 0) is 37.0 Å². The molecule has 1 aliphatic rings. The normalized spacial score (nSPS) is 17.3. The van der Waals surface area contributed by atoms with Gasteiger partial charge in [-0.2, -0.15) is 0 Å². The van der Waals surface area contributed by atoms with Gasteiger partial charge in [0.2, 0.25) is 5.91 Å². The van der Waals surface area contributed by atoms with E-state index >= 15 is 0 Å². The first-order valence-corrected chi connectivity index (χ1v) is 6.84. The molecule has 0 aromatic heterocycles. The minimum absolute atomic E-state index is 0.0202. The highest BCUT2D eigenvalue weighted by Gasteiger charge is 2.29. The Bertz CT molecular complexity index is 587. The summed E-state index contributed by atoms with van der Waals surface area (Å²) >= 11 is 0. The lowest BCUT2D eigenvalue weighted by molar-refractivity contribution is -0.127. The fraction of sp³-hybridized carbons (Fsp3) is 0.375. The maximum Gasteiger partial charge on any atom is 0.296 e. The van der Waals surface area contributed by atoms with Crippen LogP contribution in [-0.2, 0) is 16.0 Å². The molecule has 21 heavy (non-hydrogen) atoms. The summed E-state index contributed by atoms with van der Waals surface area (Å²) < 4.78 is 12.8. The summed E-state index contributed by atoms with van der Waals surface area (Å²) in [6.45, 7) is 2.65. The second-order valence-electron chi connectivity index (χ2n) is 4.97. The number of hydrogen-bond donors (Lipinski definition) is 1. The lowest BCUT2D eigenvalue weighted by Crippen LogP contribution is -2.36. The standard InChI is InChI=1S/C16H17FN2O2/c1-2-3-15(20)18-14-10-16(21)19(11-14)9-8-12-4-6-13(17)7-5-12/h4-7,14H,8-11H2,1H3,(H,18,20). The molecule has 2 amide bonds. The zero-order valence-corrected chi connectivity index (χ0v) is 11.9. The fourth-order valence-electron chi connectivity index (χ4n) is 2.34. The molecule has 1 unspecified atom stereocenters. The van der Waals surface area contributed by atoms with Gasteiger partial charge < -0.3 is 10.2 Å². The third kappa shape index (κ3) is 4.32. The van der Waals surface area contributed by atoms with E-state index in [1.807, 2.05) is 0 Å². The molecule has 110 valence electrons. The molecule has 0 spiro atoms. The molecule has 0 saturated carbocycles. The number of carbonyl (C=O) groups is 2. The molecule has 2 rings (SSSR count). The van der Waals surface area contributed by atoms with E-state index in [1.54, 1.807) is 24.0 Å². The van der Waals surface area contributed by atoms with E-state index in [9.17, 15) is 14.0 Å². The number of carbonyl (C=O) groups excluding carboxylic acids is 2. The Labute approximate surface area is 123 Å². The fourth-order valence-corrected chi connectivity index (χ4v) is 2.34. The van der Waals surface area contributed by atoms with Crippen LogP contribution in [0.15, 0.2) is 24.3 Å². The number of rotatable bonds is 4. The van der Waals surface area contributed by atoms with Crippen LogP contribution in [0.25, 0.3) is 0 Å². The lowest BCUT2D eigenvalue weighted by atomic mass is 10.1. The Morgan fingerprint density at radius 1 is 1.43 bits per heavy atom. The van der Waals surface area contributed by atoms with Gasteiger partial charge in [0.25, 0.3) is 5.91 Å². The second kappa shape index (κ2) is 6.89. The van der Waals surface area contributed by atoms with E-state index in [1.165, 1.54) is 12.1 Å². The SMILES string of the molecule is CC#CC(=O)NC1CC(=O)N(CCc2ccc(F)cc2)C1. The minimum Gasteiger partial charge on any atom is -0.340 e. The van der Waals surface area contributed by atoms with Crippen molar-refractivity contribution in [2.24, 2.45) is 0 Å².